The van der Waals surface area contributed by atoms with Crippen LogP contribution in [0.1, 0.15) is 64.0 Å². The van der Waals surface area contributed by atoms with E-state index in [2.05, 4.69) is 67.3 Å². The molecule has 0 saturated carbocycles. The van der Waals surface area contributed by atoms with E-state index in [1.165, 1.54) is 5.56 Å². The van der Waals surface area contributed by atoms with E-state index in [4.69, 9.17) is 10.8 Å². The number of pyridine rings is 1. The van der Waals surface area contributed by atoms with E-state index in [1.807, 2.05) is 22.9 Å². The van der Waals surface area contributed by atoms with Crippen LogP contribution in [-0.4, -0.2) is 80.3 Å². The first kappa shape index (κ1) is 34.6. The summed E-state index contributed by atoms with van der Waals surface area (Å²) < 4.78 is 1.90. The second-order valence-corrected chi connectivity index (χ2v) is 13.8. The summed E-state index contributed by atoms with van der Waals surface area (Å²) in [6.07, 6.45) is 7.62. The molecule has 3 heterocycles. The zero-order valence-electron chi connectivity index (χ0n) is 28.6. The molecule has 0 spiro atoms. The van der Waals surface area contributed by atoms with Crippen LogP contribution in [0.25, 0.3) is 16.9 Å². The van der Waals surface area contributed by atoms with Gasteiger partial charge in [-0.1, -0.05) is 45.0 Å². The highest BCUT2D eigenvalue weighted by molar-refractivity contribution is 5.87. The lowest BCUT2D eigenvalue weighted by Gasteiger charge is -2.32. The van der Waals surface area contributed by atoms with Gasteiger partial charge in [0.1, 0.15) is 17.6 Å². The van der Waals surface area contributed by atoms with Gasteiger partial charge in [0.15, 0.2) is 0 Å². The zero-order valence-corrected chi connectivity index (χ0v) is 28.6. The van der Waals surface area contributed by atoms with Crippen LogP contribution in [0.5, 0.6) is 5.75 Å². The summed E-state index contributed by atoms with van der Waals surface area (Å²) >= 11 is 0. The lowest BCUT2D eigenvalue weighted by atomic mass is 9.87. The van der Waals surface area contributed by atoms with Crippen molar-refractivity contribution in [2.45, 2.75) is 76.8 Å². The second kappa shape index (κ2) is 15.5. The van der Waals surface area contributed by atoms with Crippen LogP contribution >= 0.6 is 0 Å². The number of aromatic nitrogens is 3. The SMILES string of the molecule is CN1CCCC1CCN(C(=O)CCCNc1cc(-c2ccncc2)nn1-c1ccc(C(C)(C)C)cc1)[C@@H](Cc1ccc(O)cc1)C(N)=O. The quantitative estimate of drug-likeness (QED) is 0.153. The molecule has 1 aliphatic heterocycles. The largest absolute Gasteiger partial charge is 0.508 e. The number of phenolic OH excluding ortho intramolecular Hbond substituents is 1. The molecule has 1 saturated heterocycles. The van der Waals surface area contributed by atoms with Crippen LogP contribution < -0.4 is 11.1 Å². The molecule has 2 atom stereocenters. The predicted molar refractivity (Wildman–Crippen MR) is 190 cm³/mol. The van der Waals surface area contributed by atoms with Crippen molar-refractivity contribution in [1.82, 2.24) is 24.6 Å². The summed E-state index contributed by atoms with van der Waals surface area (Å²) in [6, 6.07) is 20.6. The Morgan fingerprint density at radius 3 is 2.40 bits per heavy atom. The minimum atomic E-state index is -0.776. The first-order valence-corrected chi connectivity index (χ1v) is 16.9. The third kappa shape index (κ3) is 8.80. The van der Waals surface area contributed by atoms with Crippen molar-refractivity contribution < 1.29 is 14.7 Å². The zero-order chi connectivity index (χ0) is 34.3. The standard InChI is InChI=1S/C38H49N7O3/c1-38(2,3)29-11-13-31(14-12-29)45-35(26-33(42-45)28-17-21-40-22-18-28)41-20-5-8-36(47)44(24-19-30-7-6-23-43(30)4)34(37(39)48)25-27-9-15-32(46)16-10-27/h9-18,21-22,26,30,34,41,46H,5-8,19-20,23-25H2,1-4H3,(H2,39,48)/t30?,34-/m0/s1. The van der Waals surface area contributed by atoms with E-state index in [0.29, 0.717) is 32.0 Å². The van der Waals surface area contributed by atoms with E-state index >= 15 is 0 Å². The summed E-state index contributed by atoms with van der Waals surface area (Å²) in [5.74, 6) is 0.347. The molecule has 10 heteroatoms. The number of hydrogen-bond acceptors (Lipinski definition) is 7. The minimum absolute atomic E-state index is 0.0386. The Hall–Kier alpha value is -4.70. The molecule has 2 amide bonds. The Morgan fingerprint density at radius 2 is 1.77 bits per heavy atom. The molecule has 2 aromatic heterocycles. The maximum atomic E-state index is 13.8. The van der Waals surface area contributed by atoms with Gasteiger partial charge in [-0.2, -0.15) is 5.10 Å². The van der Waals surface area contributed by atoms with Gasteiger partial charge >= 0.3 is 0 Å². The monoisotopic (exact) mass is 651 g/mol. The fourth-order valence-corrected chi connectivity index (χ4v) is 6.38. The molecule has 5 rings (SSSR count). The number of anilines is 1. The van der Waals surface area contributed by atoms with E-state index in [0.717, 1.165) is 54.1 Å². The average Bonchev–Trinajstić information content (AvgIpc) is 3.69. The Bertz CT molecular complexity index is 1650. The predicted octanol–water partition coefficient (Wildman–Crippen LogP) is 5.54. The highest BCUT2D eigenvalue weighted by Gasteiger charge is 2.30. The van der Waals surface area contributed by atoms with Crippen LogP contribution in [0.3, 0.4) is 0 Å². The number of carbonyl (C=O) groups is 2. The third-order valence-electron chi connectivity index (χ3n) is 9.30. The summed E-state index contributed by atoms with van der Waals surface area (Å²) in [5, 5.41) is 18.2. The van der Waals surface area contributed by atoms with Crippen molar-refractivity contribution in [2.75, 3.05) is 32.0 Å². The molecule has 1 aliphatic rings. The van der Waals surface area contributed by atoms with E-state index in [1.54, 1.807) is 41.6 Å². The van der Waals surface area contributed by atoms with Gasteiger partial charge in [-0.3, -0.25) is 14.6 Å². The van der Waals surface area contributed by atoms with Crippen molar-refractivity contribution >= 4 is 17.6 Å². The van der Waals surface area contributed by atoms with Gasteiger partial charge in [-0.15, -0.1) is 0 Å². The Morgan fingerprint density at radius 1 is 1.06 bits per heavy atom. The number of rotatable bonds is 14. The Labute approximate surface area is 284 Å². The Kier molecular flexibility index (Phi) is 11.2. The van der Waals surface area contributed by atoms with E-state index in [-0.39, 0.29) is 23.5 Å². The number of primary amides is 1. The van der Waals surface area contributed by atoms with Crippen molar-refractivity contribution in [3.63, 3.8) is 0 Å². The summed E-state index contributed by atoms with van der Waals surface area (Å²) in [7, 11) is 2.11. The summed E-state index contributed by atoms with van der Waals surface area (Å²) in [6.45, 7) is 8.61. The molecule has 254 valence electrons. The normalized spacial score (nSPS) is 15.7. The molecule has 0 radical (unpaired) electrons. The lowest BCUT2D eigenvalue weighted by Crippen LogP contribution is -2.50. The first-order valence-electron chi connectivity index (χ1n) is 16.9. The van der Waals surface area contributed by atoms with Gasteiger partial charge in [0.2, 0.25) is 11.8 Å². The highest BCUT2D eigenvalue weighted by atomic mass is 16.3. The highest BCUT2D eigenvalue weighted by Crippen LogP contribution is 2.28. The van der Waals surface area contributed by atoms with Crippen LogP contribution in [-0.2, 0) is 21.4 Å². The van der Waals surface area contributed by atoms with Crippen molar-refractivity contribution in [1.29, 1.82) is 0 Å². The average molecular weight is 652 g/mol. The molecule has 48 heavy (non-hydrogen) atoms. The fourth-order valence-electron chi connectivity index (χ4n) is 6.38. The number of nitrogens with one attached hydrogen (secondary N) is 1. The summed E-state index contributed by atoms with van der Waals surface area (Å²) in [4.78, 5) is 34.8. The number of hydrogen-bond donors (Lipinski definition) is 3. The Balaban J connectivity index is 1.30. The third-order valence-corrected chi connectivity index (χ3v) is 9.30. The molecule has 2 aromatic carbocycles. The van der Waals surface area contributed by atoms with Crippen LogP contribution in [0.15, 0.2) is 79.1 Å². The van der Waals surface area contributed by atoms with E-state index in [9.17, 15) is 14.7 Å². The number of phenols is 1. The minimum Gasteiger partial charge on any atom is -0.508 e. The molecule has 4 aromatic rings. The van der Waals surface area contributed by atoms with Crippen molar-refractivity contribution in [3.8, 4) is 22.7 Å². The van der Waals surface area contributed by atoms with Crippen LogP contribution in [0, 0.1) is 0 Å². The van der Waals surface area contributed by atoms with Gasteiger partial charge < -0.3 is 26.0 Å². The number of benzene rings is 2. The van der Waals surface area contributed by atoms with Gasteiger partial charge in [0, 0.05) is 56.0 Å². The van der Waals surface area contributed by atoms with Crippen molar-refractivity contribution in [3.05, 3.63) is 90.3 Å². The smallest absolute Gasteiger partial charge is 0.240 e. The van der Waals surface area contributed by atoms with Gasteiger partial charge in [-0.25, -0.2) is 4.68 Å². The first-order chi connectivity index (χ1) is 23.0. The number of nitrogens with zero attached hydrogens (tertiary/aromatic N) is 5. The van der Waals surface area contributed by atoms with Gasteiger partial charge in [0.25, 0.3) is 0 Å². The van der Waals surface area contributed by atoms with Gasteiger partial charge in [-0.05, 0) is 92.2 Å². The number of amides is 2. The topological polar surface area (TPSA) is 130 Å². The molecule has 0 bridgehead atoms. The molecule has 0 aliphatic carbocycles. The lowest BCUT2D eigenvalue weighted by molar-refractivity contribution is -0.139. The number of likely N-dealkylation sites (tertiary alicyclic amines) is 1. The van der Waals surface area contributed by atoms with Gasteiger partial charge in [0.05, 0.1) is 11.4 Å². The molecule has 1 unspecified atom stereocenters. The number of aromatic hydroxyl groups is 1. The van der Waals surface area contributed by atoms with Crippen LogP contribution in [0.2, 0.25) is 0 Å². The maximum absolute atomic E-state index is 13.8. The molecule has 4 N–H and O–H groups in total. The molecule has 1 fully saturated rings. The number of nitrogens with two attached hydrogens (primary N) is 1. The molecular weight excluding hydrogens is 602 g/mol. The van der Waals surface area contributed by atoms with E-state index < -0.39 is 11.9 Å². The second-order valence-electron chi connectivity index (χ2n) is 13.8. The summed E-state index contributed by atoms with van der Waals surface area (Å²) in [5.41, 5.74) is 10.8. The fraction of sp³-hybridized carbons (Fsp3) is 0.421. The van der Waals surface area contributed by atoms with Crippen LogP contribution in [0.4, 0.5) is 5.82 Å². The molecule has 10 nitrogen and oxygen atoms in total. The molecular formula is C38H49N7O3. The van der Waals surface area contributed by atoms with Crippen molar-refractivity contribution in [2.24, 2.45) is 5.73 Å². The maximum Gasteiger partial charge on any atom is 0.240 e. The number of carbonyl (C=O) groups excluding carboxylic acids is 2.